The first-order valence-corrected chi connectivity index (χ1v) is 7.80. The van der Waals surface area contributed by atoms with Gasteiger partial charge in [0, 0.05) is 4.75 Å². The Morgan fingerprint density at radius 1 is 1.40 bits per heavy atom. The van der Waals surface area contributed by atoms with E-state index in [1.54, 1.807) is 12.9 Å². The van der Waals surface area contributed by atoms with Crippen molar-refractivity contribution in [1.29, 1.82) is 0 Å². The van der Waals surface area contributed by atoms with E-state index < -0.39 is 16.9 Å². The van der Waals surface area contributed by atoms with Gasteiger partial charge in [-0.1, -0.05) is 30.3 Å². The van der Waals surface area contributed by atoms with E-state index >= 15 is 0 Å². The molecule has 0 aliphatic heterocycles. The summed E-state index contributed by atoms with van der Waals surface area (Å²) >= 11 is 0. The molecule has 0 aromatic carbocycles. The van der Waals surface area contributed by atoms with E-state index in [1.807, 2.05) is 20.8 Å². The molecule has 0 saturated carbocycles. The van der Waals surface area contributed by atoms with Crippen LogP contribution >= 0.6 is 7.35 Å². The Morgan fingerprint density at radius 2 is 1.70 bits per heavy atom. The lowest BCUT2D eigenvalue weighted by atomic mass is 10.3. The SMILES string of the molecule is CP(O)[SH](C)(=O)C(C)(C)C. The van der Waals surface area contributed by atoms with Crippen molar-refractivity contribution >= 4 is 16.9 Å². The maximum atomic E-state index is 11.7. The molecule has 0 aromatic heterocycles. The second-order valence-electron chi connectivity index (χ2n) is 3.54. The Labute approximate surface area is 65.0 Å². The molecule has 0 aliphatic rings. The van der Waals surface area contributed by atoms with Gasteiger partial charge < -0.3 is 4.89 Å². The van der Waals surface area contributed by atoms with Gasteiger partial charge in [-0.2, -0.15) is 0 Å². The topological polar surface area (TPSA) is 37.3 Å². The summed E-state index contributed by atoms with van der Waals surface area (Å²) in [5.74, 6) is 0. The van der Waals surface area contributed by atoms with Crippen LogP contribution in [0, 0.1) is 0 Å². The predicted octanol–water partition coefficient (Wildman–Crippen LogP) is 1.37. The van der Waals surface area contributed by atoms with Gasteiger partial charge in [-0.05, 0) is 12.9 Å². The first-order valence-electron chi connectivity index (χ1n) is 3.20. The van der Waals surface area contributed by atoms with Crippen molar-refractivity contribution in [3.05, 3.63) is 0 Å². The zero-order valence-electron chi connectivity index (χ0n) is 7.25. The molecular weight excluding hydrogens is 167 g/mol. The second-order valence-corrected chi connectivity index (χ2v) is 11.6. The number of hydrogen-bond acceptors (Lipinski definition) is 2. The van der Waals surface area contributed by atoms with Gasteiger partial charge in [-0.25, -0.2) is 0 Å². The molecular formula is C6H17O2PS. The highest BCUT2D eigenvalue weighted by molar-refractivity contribution is 8.55. The summed E-state index contributed by atoms with van der Waals surface area (Å²) < 4.78 is 11.5. The molecule has 64 valence electrons. The van der Waals surface area contributed by atoms with Gasteiger partial charge in [-0.15, -0.1) is 0 Å². The molecule has 0 fully saturated rings. The van der Waals surface area contributed by atoms with Crippen molar-refractivity contribution < 1.29 is 9.10 Å². The number of rotatable bonds is 1. The maximum Gasteiger partial charge on any atom is 0.0889 e. The monoisotopic (exact) mass is 184 g/mol. The highest BCUT2D eigenvalue weighted by atomic mass is 32.8. The Kier molecular flexibility index (Phi) is 3.04. The van der Waals surface area contributed by atoms with E-state index in [-0.39, 0.29) is 4.75 Å². The molecule has 0 aromatic rings. The lowest BCUT2D eigenvalue weighted by molar-refractivity contribution is 0.621. The van der Waals surface area contributed by atoms with Crippen molar-refractivity contribution in [1.82, 2.24) is 0 Å². The second kappa shape index (κ2) is 2.88. The van der Waals surface area contributed by atoms with Gasteiger partial charge in [0.2, 0.25) is 0 Å². The van der Waals surface area contributed by atoms with Crippen LogP contribution in [0.15, 0.2) is 0 Å². The zero-order valence-corrected chi connectivity index (χ0v) is 9.04. The number of thiol groups is 1. The minimum atomic E-state index is -2.33. The van der Waals surface area contributed by atoms with Crippen LogP contribution in [0.4, 0.5) is 0 Å². The van der Waals surface area contributed by atoms with Crippen molar-refractivity contribution in [3.63, 3.8) is 0 Å². The van der Waals surface area contributed by atoms with Crippen LogP contribution in [-0.4, -0.2) is 26.8 Å². The van der Waals surface area contributed by atoms with Gasteiger partial charge >= 0.3 is 0 Å². The van der Waals surface area contributed by atoms with Crippen molar-refractivity contribution in [2.24, 2.45) is 0 Å². The molecule has 0 rings (SSSR count). The molecule has 1 N–H and O–H groups in total. The van der Waals surface area contributed by atoms with Gasteiger partial charge in [0.05, 0.1) is 7.35 Å². The average molecular weight is 184 g/mol. The summed E-state index contributed by atoms with van der Waals surface area (Å²) in [6.07, 6.45) is 1.68. The lowest BCUT2D eigenvalue weighted by Gasteiger charge is -2.34. The molecule has 4 heteroatoms. The van der Waals surface area contributed by atoms with Crippen molar-refractivity contribution in [2.45, 2.75) is 25.5 Å². The van der Waals surface area contributed by atoms with E-state index in [4.69, 9.17) is 0 Å². The van der Waals surface area contributed by atoms with E-state index in [0.29, 0.717) is 0 Å². The van der Waals surface area contributed by atoms with Crippen molar-refractivity contribution in [3.8, 4) is 0 Å². The molecule has 0 amide bonds. The zero-order chi connectivity index (χ0) is 8.58. The third-order valence-electron chi connectivity index (χ3n) is 1.80. The molecule has 1 unspecified atom stereocenters. The number of hydrogen-bond donors (Lipinski definition) is 2. The fourth-order valence-electron chi connectivity index (χ4n) is 0.434. The summed E-state index contributed by atoms with van der Waals surface area (Å²) in [5, 5.41) is 0. The molecule has 2 nitrogen and oxygen atoms in total. The smallest absolute Gasteiger partial charge is 0.0889 e. The van der Waals surface area contributed by atoms with Crippen LogP contribution in [0.1, 0.15) is 20.8 Å². The molecule has 0 radical (unpaired) electrons. The van der Waals surface area contributed by atoms with Crippen LogP contribution in [0.5, 0.6) is 0 Å². The molecule has 0 spiro atoms. The highest BCUT2D eigenvalue weighted by Crippen LogP contribution is 2.46. The van der Waals surface area contributed by atoms with Crippen molar-refractivity contribution in [2.75, 3.05) is 12.9 Å². The Hall–Kier alpha value is 0.540. The minimum Gasteiger partial charge on any atom is -0.363 e. The van der Waals surface area contributed by atoms with Gasteiger partial charge in [0.15, 0.2) is 0 Å². The summed E-state index contributed by atoms with van der Waals surface area (Å²) in [6.45, 7) is 7.37. The molecule has 0 saturated heterocycles. The molecule has 0 heterocycles. The summed E-state index contributed by atoms with van der Waals surface area (Å²) in [7, 11) is -3.60. The Bertz CT molecular complexity index is 160. The summed E-state index contributed by atoms with van der Waals surface area (Å²) in [4.78, 5) is 9.22. The molecule has 1 atom stereocenters. The first-order chi connectivity index (χ1) is 4.19. The van der Waals surface area contributed by atoms with Gasteiger partial charge in [-0.3, -0.25) is 4.21 Å². The fourth-order valence-corrected chi connectivity index (χ4v) is 3.91. The minimum absolute atomic E-state index is 0.248. The van der Waals surface area contributed by atoms with E-state index in [2.05, 4.69) is 0 Å². The largest absolute Gasteiger partial charge is 0.363 e. The van der Waals surface area contributed by atoms with Crippen LogP contribution in [0.25, 0.3) is 0 Å². The standard InChI is InChI=1S/C6H17O2PS/c1-6(2,3)10(5,8)9(4)7/h7,10H,1-5H3. The quantitative estimate of drug-likeness (QED) is 0.477. The first kappa shape index (κ1) is 10.5. The summed E-state index contributed by atoms with van der Waals surface area (Å²) in [6, 6.07) is 0. The summed E-state index contributed by atoms with van der Waals surface area (Å²) in [5.41, 5.74) is 0. The molecule has 0 aliphatic carbocycles. The van der Waals surface area contributed by atoms with Crippen LogP contribution in [-0.2, 0) is 9.55 Å². The van der Waals surface area contributed by atoms with Gasteiger partial charge in [0.25, 0.3) is 0 Å². The molecule has 0 bridgehead atoms. The predicted molar refractivity (Wildman–Crippen MR) is 50.3 cm³/mol. The third kappa shape index (κ3) is 2.01. The van der Waals surface area contributed by atoms with E-state index in [1.165, 1.54) is 0 Å². The Morgan fingerprint density at radius 3 is 1.70 bits per heavy atom. The Balaban J connectivity index is 4.59. The lowest BCUT2D eigenvalue weighted by Crippen LogP contribution is -2.31. The van der Waals surface area contributed by atoms with Gasteiger partial charge in [0.1, 0.15) is 0 Å². The maximum absolute atomic E-state index is 11.7. The van der Waals surface area contributed by atoms with Crippen LogP contribution < -0.4 is 0 Å². The normalized spacial score (nSPS) is 18.6. The van der Waals surface area contributed by atoms with E-state index in [0.717, 1.165) is 0 Å². The third-order valence-corrected chi connectivity index (χ3v) is 10.5. The van der Waals surface area contributed by atoms with Crippen LogP contribution in [0.3, 0.4) is 0 Å². The fraction of sp³-hybridized carbons (Fsp3) is 1.00. The van der Waals surface area contributed by atoms with E-state index in [9.17, 15) is 9.10 Å². The molecule has 10 heavy (non-hydrogen) atoms. The highest BCUT2D eigenvalue weighted by Gasteiger charge is 2.30. The average Bonchev–Trinajstić information content (AvgIpc) is 1.62. The van der Waals surface area contributed by atoms with Crippen LogP contribution in [0.2, 0.25) is 0 Å².